The first-order chi connectivity index (χ1) is 9.63. The maximum absolute atomic E-state index is 13.2. The van der Waals surface area contributed by atoms with E-state index in [-0.39, 0.29) is 0 Å². The van der Waals surface area contributed by atoms with Crippen molar-refractivity contribution >= 4 is 27.3 Å². The third-order valence-corrected chi connectivity index (χ3v) is 4.18. The maximum atomic E-state index is 13.2. The highest BCUT2D eigenvalue weighted by Gasteiger charge is 2.09. The number of halogens is 3. The molecule has 0 saturated carbocycles. The first-order valence-corrected chi connectivity index (χ1v) is 7.47. The molecule has 0 unspecified atom stereocenters. The molecule has 0 aliphatic heterocycles. The van der Waals surface area contributed by atoms with Gasteiger partial charge in [0.15, 0.2) is 11.6 Å². The molecular weight excluding hydrogens is 344 g/mol. The van der Waals surface area contributed by atoms with E-state index in [4.69, 9.17) is 0 Å². The molecule has 20 heavy (non-hydrogen) atoms. The standard InChI is InChI=1S/C15H8BrF2NS/c16-11-3-1-2-9(6-11)14-8-20-15(19-14)10-4-5-12(17)13(18)7-10/h1-8H. The molecule has 0 atom stereocenters. The van der Waals surface area contributed by atoms with Crippen molar-refractivity contribution in [2.75, 3.05) is 0 Å². The zero-order valence-corrected chi connectivity index (χ0v) is 12.5. The zero-order valence-electron chi connectivity index (χ0n) is 10.1. The van der Waals surface area contributed by atoms with E-state index < -0.39 is 11.6 Å². The van der Waals surface area contributed by atoms with Gasteiger partial charge in [-0.1, -0.05) is 28.1 Å². The van der Waals surface area contributed by atoms with E-state index in [1.54, 1.807) is 0 Å². The van der Waals surface area contributed by atoms with Crippen molar-refractivity contribution in [2.45, 2.75) is 0 Å². The summed E-state index contributed by atoms with van der Waals surface area (Å²) < 4.78 is 27.1. The Morgan fingerprint density at radius 3 is 2.55 bits per heavy atom. The predicted octanol–water partition coefficient (Wildman–Crippen LogP) is 5.52. The zero-order chi connectivity index (χ0) is 14.1. The van der Waals surface area contributed by atoms with Crippen LogP contribution in [0, 0.1) is 11.6 Å². The van der Waals surface area contributed by atoms with Crippen LogP contribution in [-0.2, 0) is 0 Å². The highest BCUT2D eigenvalue weighted by molar-refractivity contribution is 9.10. The lowest BCUT2D eigenvalue weighted by Gasteiger charge is -1.99. The summed E-state index contributed by atoms with van der Waals surface area (Å²) in [5, 5.41) is 2.57. The fraction of sp³-hybridized carbons (Fsp3) is 0. The van der Waals surface area contributed by atoms with Crippen molar-refractivity contribution in [3.63, 3.8) is 0 Å². The summed E-state index contributed by atoms with van der Waals surface area (Å²) in [6.45, 7) is 0. The second-order valence-corrected chi connectivity index (χ2v) is 5.95. The van der Waals surface area contributed by atoms with E-state index in [1.165, 1.54) is 23.5 Å². The van der Waals surface area contributed by atoms with Crippen LogP contribution in [0.15, 0.2) is 52.3 Å². The molecule has 0 spiro atoms. The Labute approximate surface area is 127 Å². The van der Waals surface area contributed by atoms with Gasteiger partial charge in [-0.2, -0.15) is 0 Å². The van der Waals surface area contributed by atoms with Crippen LogP contribution in [0.3, 0.4) is 0 Å². The minimum atomic E-state index is -0.860. The summed E-state index contributed by atoms with van der Waals surface area (Å²) in [5.41, 5.74) is 2.37. The minimum absolute atomic E-state index is 0.579. The molecular formula is C15H8BrF2NS. The highest BCUT2D eigenvalue weighted by Crippen LogP contribution is 2.30. The number of hydrogen-bond acceptors (Lipinski definition) is 2. The Hall–Kier alpha value is -1.59. The van der Waals surface area contributed by atoms with Crippen LogP contribution < -0.4 is 0 Å². The Balaban J connectivity index is 1.99. The molecule has 3 rings (SSSR count). The highest BCUT2D eigenvalue weighted by atomic mass is 79.9. The van der Waals surface area contributed by atoms with Gasteiger partial charge in [0.2, 0.25) is 0 Å². The molecule has 5 heteroatoms. The van der Waals surface area contributed by atoms with Crippen molar-refractivity contribution in [2.24, 2.45) is 0 Å². The molecule has 0 saturated heterocycles. The van der Waals surface area contributed by atoms with Gasteiger partial charge in [0.25, 0.3) is 0 Å². The summed E-state index contributed by atoms with van der Waals surface area (Å²) in [4.78, 5) is 4.47. The molecule has 1 nitrogen and oxygen atoms in total. The van der Waals surface area contributed by atoms with Crippen LogP contribution in [0.2, 0.25) is 0 Å². The topological polar surface area (TPSA) is 12.9 Å². The molecule has 0 N–H and O–H groups in total. The lowest BCUT2D eigenvalue weighted by atomic mass is 10.2. The van der Waals surface area contributed by atoms with Crippen molar-refractivity contribution in [1.29, 1.82) is 0 Å². The molecule has 0 aliphatic carbocycles. The number of aromatic nitrogens is 1. The second kappa shape index (κ2) is 5.42. The van der Waals surface area contributed by atoms with Gasteiger partial charge in [-0.05, 0) is 30.3 Å². The van der Waals surface area contributed by atoms with E-state index >= 15 is 0 Å². The lowest BCUT2D eigenvalue weighted by molar-refractivity contribution is 0.509. The maximum Gasteiger partial charge on any atom is 0.159 e. The van der Waals surface area contributed by atoms with Gasteiger partial charge in [0.1, 0.15) is 5.01 Å². The number of hydrogen-bond donors (Lipinski definition) is 0. The summed E-state index contributed by atoms with van der Waals surface area (Å²) in [6, 6.07) is 11.6. The van der Waals surface area contributed by atoms with E-state index in [0.717, 1.165) is 21.8 Å². The molecule has 100 valence electrons. The van der Waals surface area contributed by atoms with Crippen molar-refractivity contribution < 1.29 is 8.78 Å². The predicted molar refractivity (Wildman–Crippen MR) is 80.6 cm³/mol. The van der Waals surface area contributed by atoms with Gasteiger partial charge < -0.3 is 0 Å². The van der Waals surface area contributed by atoms with Crippen LogP contribution in [-0.4, -0.2) is 4.98 Å². The van der Waals surface area contributed by atoms with Crippen LogP contribution in [0.25, 0.3) is 21.8 Å². The lowest BCUT2D eigenvalue weighted by Crippen LogP contribution is -1.85. The van der Waals surface area contributed by atoms with Gasteiger partial charge in [0.05, 0.1) is 5.69 Å². The number of nitrogens with zero attached hydrogens (tertiary/aromatic N) is 1. The van der Waals surface area contributed by atoms with Gasteiger partial charge in [0, 0.05) is 21.0 Å². The van der Waals surface area contributed by atoms with E-state index in [1.807, 2.05) is 29.6 Å². The van der Waals surface area contributed by atoms with Crippen LogP contribution >= 0.6 is 27.3 Å². The first kappa shape index (κ1) is 13.4. The monoisotopic (exact) mass is 351 g/mol. The summed E-state index contributed by atoms with van der Waals surface area (Å²) >= 11 is 4.82. The smallest absolute Gasteiger partial charge is 0.159 e. The van der Waals surface area contributed by atoms with Gasteiger partial charge in [-0.15, -0.1) is 11.3 Å². The molecule has 0 radical (unpaired) electrons. The summed E-state index contributed by atoms with van der Waals surface area (Å²) in [7, 11) is 0. The average Bonchev–Trinajstić information content (AvgIpc) is 2.92. The van der Waals surface area contributed by atoms with Crippen LogP contribution in [0.4, 0.5) is 8.78 Å². The van der Waals surface area contributed by atoms with Crippen molar-refractivity contribution in [1.82, 2.24) is 4.98 Å². The fourth-order valence-corrected chi connectivity index (χ4v) is 3.04. The second-order valence-electron chi connectivity index (χ2n) is 4.18. The molecule has 0 fully saturated rings. The molecule has 0 amide bonds. The molecule has 1 heterocycles. The van der Waals surface area contributed by atoms with E-state index in [0.29, 0.717) is 10.6 Å². The van der Waals surface area contributed by atoms with Gasteiger partial charge in [-0.3, -0.25) is 0 Å². The van der Waals surface area contributed by atoms with Crippen LogP contribution in [0.1, 0.15) is 0 Å². The fourth-order valence-electron chi connectivity index (χ4n) is 1.82. The Bertz CT molecular complexity index is 770. The van der Waals surface area contributed by atoms with Gasteiger partial charge >= 0.3 is 0 Å². The SMILES string of the molecule is Fc1ccc(-c2nc(-c3cccc(Br)c3)cs2)cc1F. The molecule has 0 bridgehead atoms. The Morgan fingerprint density at radius 2 is 1.80 bits per heavy atom. The van der Waals surface area contributed by atoms with E-state index in [2.05, 4.69) is 20.9 Å². The number of thiazole rings is 1. The summed E-state index contributed by atoms with van der Waals surface area (Å²) in [6.07, 6.45) is 0. The van der Waals surface area contributed by atoms with E-state index in [9.17, 15) is 8.78 Å². The van der Waals surface area contributed by atoms with Crippen LogP contribution in [0.5, 0.6) is 0 Å². The van der Waals surface area contributed by atoms with Crippen molar-refractivity contribution in [3.8, 4) is 21.8 Å². The normalized spacial score (nSPS) is 10.8. The Kier molecular flexibility index (Phi) is 3.63. The molecule has 2 aromatic carbocycles. The van der Waals surface area contributed by atoms with Gasteiger partial charge in [-0.25, -0.2) is 13.8 Å². The summed E-state index contributed by atoms with van der Waals surface area (Å²) in [5.74, 6) is -1.71. The third-order valence-electron chi connectivity index (χ3n) is 2.79. The molecule has 0 aliphatic rings. The number of rotatable bonds is 2. The third kappa shape index (κ3) is 2.64. The molecule has 3 aromatic rings. The first-order valence-electron chi connectivity index (χ1n) is 5.80. The quantitative estimate of drug-likeness (QED) is 0.592. The largest absolute Gasteiger partial charge is 0.236 e. The number of benzene rings is 2. The molecule has 1 aromatic heterocycles. The Morgan fingerprint density at radius 1 is 0.950 bits per heavy atom. The van der Waals surface area contributed by atoms with Crippen molar-refractivity contribution in [3.05, 3.63) is 64.0 Å². The minimum Gasteiger partial charge on any atom is -0.236 e. The average molecular weight is 352 g/mol.